The molecule has 0 spiro atoms. The summed E-state index contributed by atoms with van der Waals surface area (Å²) in [5, 5.41) is 2.63. The Bertz CT molecular complexity index is 903. The van der Waals surface area contributed by atoms with E-state index in [1.165, 1.54) is 18.2 Å². The first-order valence-corrected chi connectivity index (χ1v) is 9.98. The highest BCUT2D eigenvalue weighted by molar-refractivity contribution is 7.89. The van der Waals surface area contributed by atoms with Crippen molar-refractivity contribution in [2.45, 2.75) is 37.6 Å². The molecule has 0 unspecified atom stereocenters. The zero-order chi connectivity index (χ0) is 19.3. The summed E-state index contributed by atoms with van der Waals surface area (Å²) in [5.74, 6) is -1.43. The molecule has 0 saturated heterocycles. The van der Waals surface area contributed by atoms with Gasteiger partial charge < -0.3 is 5.32 Å². The highest BCUT2D eigenvalue weighted by atomic mass is 35.5. The highest BCUT2D eigenvalue weighted by Crippen LogP contribution is 2.22. The average molecular weight is 399 g/mol. The van der Waals surface area contributed by atoms with E-state index < -0.39 is 21.7 Å². The van der Waals surface area contributed by atoms with Crippen molar-refractivity contribution in [2.75, 3.05) is 5.32 Å². The molecule has 140 valence electrons. The van der Waals surface area contributed by atoms with Crippen LogP contribution in [-0.4, -0.2) is 20.4 Å². The van der Waals surface area contributed by atoms with Gasteiger partial charge in [-0.1, -0.05) is 37.1 Å². The van der Waals surface area contributed by atoms with E-state index in [0.717, 1.165) is 12.5 Å². The number of nitrogens with one attached hydrogen (secondary N) is 2. The maximum Gasteiger partial charge on any atom is 0.257 e. The van der Waals surface area contributed by atoms with Crippen molar-refractivity contribution in [1.82, 2.24) is 4.72 Å². The Hall–Kier alpha value is -1.96. The third-order valence-electron chi connectivity index (χ3n) is 3.70. The number of sulfonamides is 1. The van der Waals surface area contributed by atoms with Gasteiger partial charge in [0.25, 0.3) is 5.91 Å². The van der Waals surface area contributed by atoms with Crippen LogP contribution in [0.1, 0.15) is 37.0 Å². The Labute approximate surface area is 157 Å². The number of anilines is 1. The minimum Gasteiger partial charge on any atom is -0.319 e. The van der Waals surface area contributed by atoms with E-state index in [1.807, 2.05) is 6.92 Å². The van der Waals surface area contributed by atoms with Crippen molar-refractivity contribution >= 4 is 33.2 Å². The second kappa shape index (κ2) is 8.62. The molecule has 1 atom stereocenters. The van der Waals surface area contributed by atoms with E-state index >= 15 is 0 Å². The predicted octanol–water partition coefficient (Wildman–Crippen LogP) is 4.20. The molecular weight excluding hydrogens is 379 g/mol. The molecular formula is C18H20ClFN2O3S. The molecule has 5 nitrogen and oxygen atoms in total. The monoisotopic (exact) mass is 398 g/mol. The van der Waals surface area contributed by atoms with Crippen LogP contribution in [0.4, 0.5) is 10.1 Å². The molecule has 2 aromatic rings. The second-order valence-corrected chi connectivity index (χ2v) is 8.01. The summed E-state index contributed by atoms with van der Waals surface area (Å²) in [5.41, 5.74) is 0.0656. The third-order valence-corrected chi connectivity index (χ3v) is 5.61. The summed E-state index contributed by atoms with van der Waals surface area (Å²) in [6, 6.07) is 9.44. The van der Waals surface area contributed by atoms with Crippen molar-refractivity contribution in [3.8, 4) is 0 Å². The van der Waals surface area contributed by atoms with Crippen LogP contribution in [0.25, 0.3) is 0 Å². The van der Waals surface area contributed by atoms with E-state index in [4.69, 9.17) is 11.6 Å². The van der Waals surface area contributed by atoms with Crippen molar-refractivity contribution in [2.24, 2.45) is 0 Å². The Morgan fingerprint density at radius 1 is 1.23 bits per heavy atom. The summed E-state index contributed by atoms with van der Waals surface area (Å²) in [6.07, 6.45) is 1.50. The van der Waals surface area contributed by atoms with Crippen LogP contribution in [0, 0.1) is 5.82 Å². The van der Waals surface area contributed by atoms with Gasteiger partial charge in [0, 0.05) is 6.04 Å². The molecule has 8 heteroatoms. The lowest BCUT2D eigenvalue weighted by Gasteiger charge is -2.14. The fraction of sp³-hybridized carbons (Fsp3) is 0.278. The maximum absolute atomic E-state index is 14.3. The van der Waals surface area contributed by atoms with Gasteiger partial charge in [-0.2, -0.15) is 0 Å². The molecule has 2 rings (SSSR count). The first kappa shape index (κ1) is 20.4. The van der Waals surface area contributed by atoms with Gasteiger partial charge in [-0.3, -0.25) is 4.79 Å². The maximum atomic E-state index is 14.3. The van der Waals surface area contributed by atoms with Gasteiger partial charge in [-0.25, -0.2) is 17.5 Å². The molecule has 2 N–H and O–H groups in total. The summed E-state index contributed by atoms with van der Waals surface area (Å²) in [6.45, 7) is 3.69. The highest BCUT2D eigenvalue weighted by Gasteiger charge is 2.19. The zero-order valence-electron chi connectivity index (χ0n) is 14.4. The molecule has 0 saturated carbocycles. The van der Waals surface area contributed by atoms with E-state index in [0.29, 0.717) is 6.42 Å². The minimum absolute atomic E-state index is 0.129. The molecule has 0 bridgehead atoms. The number of carbonyl (C=O) groups excluding carboxylic acids is 1. The number of rotatable bonds is 7. The number of hydrogen-bond acceptors (Lipinski definition) is 3. The van der Waals surface area contributed by atoms with Crippen molar-refractivity contribution in [1.29, 1.82) is 0 Å². The van der Waals surface area contributed by atoms with Crippen LogP contribution >= 0.6 is 11.6 Å². The van der Waals surface area contributed by atoms with E-state index in [-0.39, 0.29) is 27.2 Å². The molecule has 1 amide bonds. The van der Waals surface area contributed by atoms with Gasteiger partial charge >= 0.3 is 0 Å². The van der Waals surface area contributed by atoms with Crippen LogP contribution in [-0.2, 0) is 10.0 Å². The molecule has 0 fully saturated rings. The smallest absolute Gasteiger partial charge is 0.257 e. The predicted molar refractivity (Wildman–Crippen MR) is 100 cm³/mol. The van der Waals surface area contributed by atoms with Gasteiger partial charge in [-0.05, 0) is 43.7 Å². The number of carbonyl (C=O) groups is 1. The first-order valence-electron chi connectivity index (χ1n) is 8.12. The Morgan fingerprint density at radius 3 is 2.54 bits per heavy atom. The first-order chi connectivity index (χ1) is 12.2. The zero-order valence-corrected chi connectivity index (χ0v) is 16.0. The van der Waals surface area contributed by atoms with Gasteiger partial charge in [-0.15, -0.1) is 0 Å². The van der Waals surface area contributed by atoms with Crippen LogP contribution < -0.4 is 10.0 Å². The van der Waals surface area contributed by atoms with Gasteiger partial charge in [0.1, 0.15) is 5.82 Å². The fourth-order valence-corrected chi connectivity index (χ4v) is 3.94. The standard InChI is InChI=1S/C18H20ClFN2O3S/c1-3-6-12(2)22-26(24,25)13-9-10-17(16(20)11-13)21-18(23)14-7-4-5-8-15(14)19/h4-5,7-12,22H,3,6H2,1-2H3,(H,21,23)/t12-/m0/s1. The molecule has 0 aliphatic rings. The van der Waals surface area contributed by atoms with E-state index in [1.54, 1.807) is 25.1 Å². The van der Waals surface area contributed by atoms with E-state index in [2.05, 4.69) is 10.0 Å². The number of halogens is 2. The Kier molecular flexibility index (Phi) is 6.75. The molecule has 0 aromatic heterocycles. The van der Waals surface area contributed by atoms with Gasteiger partial charge in [0.2, 0.25) is 10.0 Å². The minimum atomic E-state index is -3.83. The summed E-state index contributed by atoms with van der Waals surface area (Å²) in [7, 11) is -3.83. The van der Waals surface area contributed by atoms with Crippen LogP contribution in [0.15, 0.2) is 47.4 Å². The van der Waals surface area contributed by atoms with Gasteiger partial charge in [0.05, 0.1) is 21.2 Å². The normalized spacial score (nSPS) is 12.6. The Morgan fingerprint density at radius 2 is 1.92 bits per heavy atom. The molecule has 0 heterocycles. The van der Waals surface area contributed by atoms with Crippen molar-refractivity contribution in [3.05, 3.63) is 58.9 Å². The quantitative estimate of drug-likeness (QED) is 0.734. The molecule has 2 aromatic carbocycles. The van der Waals surface area contributed by atoms with Crippen molar-refractivity contribution in [3.63, 3.8) is 0 Å². The SMILES string of the molecule is CCC[C@H](C)NS(=O)(=O)c1ccc(NC(=O)c2ccccc2Cl)c(F)c1. The van der Waals surface area contributed by atoms with E-state index in [9.17, 15) is 17.6 Å². The molecule has 0 aliphatic carbocycles. The lowest BCUT2D eigenvalue weighted by molar-refractivity contribution is 0.102. The molecule has 0 radical (unpaired) electrons. The Balaban J connectivity index is 2.19. The summed E-state index contributed by atoms with van der Waals surface area (Å²) in [4.78, 5) is 12.0. The van der Waals surface area contributed by atoms with Crippen LogP contribution in [0.2, 0.25) is 5.02 Å². The number of benzene rings is 2. The second-order valence-electron chi connectivity index (χ2n) is 5.89. The van der Waals surface area contributed by atoms with Crippen LogP contribution in [0.3, 0.4) is 0 Å². The van der Waals surface area contributed by atoms with Gasteiger partial charge in [0.15, 0.2) is 0 Å². The number of amides is 1. The summed E-state index contributed by atoms with van der Waals surface area (Å²) < 4.78 is 41.4. The fourth-order valence-electron chi connectivity index (χ4n) is 2.42. The van der Waals surface area contributed by atoms with Crippen LogP contribution in [0.5, 0.6) is 0 Å². The van der Waals surface area contributed by atoms with Crippen molar-refractivity contribution < 1.29 is 17.6 Å². The third kappa shape index (κ3) is 5.03. The molecule has 0 aliphatic heterocycles. The summed E-state index contributed by atoms with van der Waals surface area (Å²) >= 11 is 5.94. The lowest BCUT2D eigenvalue weighted by Crippen LogP contribution is -2.32. The lowest BCUT2D eigenvalue weighted by atomic mass is 10.2. The number of hydrogen-bond donors (Lipinski definition) is 2. The average Bonchev–Trinajstić information content (AvgIpc) is 2.56. The topological polar surface area (TPSA) is 75.3 Å². The largest absolute Gasteiger partial charge is 0.319 e. The molecule has 26 heavy (non-hydrogen) atoms.